The lowest BCUT2D eigenvalue weighted by molar-refractivity contribution is -0.155. The lowest BCUT2D eigenvalue weighted by atomic mass is 9.95. The first-order valence-electron chi connectivity index (χ1n) is 5.98. The van der Waals surface area contributed by atoms with Crippen LogP contribution in [0.2, 0.25) is 0 Å². The van der Waals surface area contributed by atoms with Crippen LogP contribution in [-0.2, 0) is 14.3 Å². The molecule has 0 aliphatic carbocycles. The van der Waals surface area contributed by atoms with E-state index in [1.807, 2.05) is 0 Å². The van der Waals surface area contributed by atoms with Crippen molar-refractivity contribution in [3.63, 3.8) is 0 Å². The summed E-state index contributed by atoms with van der Waals surface area (Å²) >= 11 is 0. The first-order chi connectivity index (χ1) is 8.54. The molecule has 0 aromatic rings. The molecule has 110 valence electrons. The molecule has 0 bridgehead atoms. The highest BCUT2D eigenvalue weighted by atomic mass is 19.3. The minimum absolute atomic E-state index is 0.114. The van der Waals surface area contributed by atoms with Gasteiger partial charge in [-0.25, -0.2) is 13.6 Å². The zero-order valence-electron chi connectivity index (χ0n) is 11.5. The third kappa shape index (κ3) is 4.65. The molecule has 1 rings (SSSR count). The number of halogens is 2. The molecule has 0 saturated carbocycles. The van der Waals surface area contributed by atoms with Gasteiger partial charge in [0.25, 0.3) is 5.92 Å². The maximum Gasteiger partial charge on any atom is 0.410 e. The summed E-state index contributed by atoms with van der Waals surface area (Å²) in [6, 6.07) is 0. The minimum Gasteiger partial charge on any atom is -0.469 e. The van der Waals surface area contributed by atoms with Gasteiger partial charge in [0.15, 0.2) is 0 Å². The number of esters is 1. The highest BCUT2D eigenvalue weighted by Gasteiger charge is 2.45. The molecule has 1 heterocycles. The van der Waals surface area contributed by atoms with E-state index in [4.69, 9.17) is 4.74 Å². The largest absolute Gasteiger partial charge is 0.469 e. The number of hydrogen-bond donors (Lipinski definition) is 0. The zero-order valence-corrected chi connectivity index (χ0v) is 11.5. The summed E-state index contributed by atoms with van der Waals surface area (Å²) in [5.74, 6) is -4.89. The van der Waals surface area contributed by atoms with Crippen LogP contribution in [0.25, 0.3) is 0 Å². The second-order valence-electron chi connectivity index (χ2n) is 5.64. The number of carbonyl (C=O) groups excluding carboxylic acids is 2. The lowest BCUT2D eigenvalue weighted by Crippen LogP contribution is -2.52. The Hall–Kier alpha value is -1.40. The predicted octanol–water partition coefficient (Wildman–Crippen LogP) is 2.05. The molecule has 19 heavy (non-hydrogen) atoms. The van der Waals surface area contributed by atoms with Crippen LogP contribution in [0, 0.1) is 5.92 Å². The van der Waals surface area contributed by atoms with Gasteiger partial charge >= 0.3 is 12.1 Å². The highest BCUT2D eigenvalue weighted by Crippen LogP contribution is 2.31. The Bertz CT molecular complexity index is 365. The molecule has 1 fully saturated rings. The smallest absolute Gasteiger partial charge is 0.410 e. The van der Waals surface area contributed by atoms with Crippen LogP contribution in [0.5, 0.6) is 0 Å². The molecule has 0 aromatic heterocycles. The van der Waals surface area contributed by atoms with Crippen LogP contribution in [0.3, 0.4) is 0 Å². The molecule has 1 atom stereocenters. The van der Waals surface area contributed by atoms with E-state index in [2.05, 4.69) is 4.74 Å². The van der Waals surface area contributed by atoms with Crippen molar-refractivity contribution in [3.8, 4) is 0 Å². The summed E-state index contributed by atoms with van der Waals surface area (Å²) in [6.07, 6.45) is -1.46. The summed E-state index contributed by atoms with van der Waals surface area (Å²) in [4.78, 5) is 24.0. The van der Waals surface area contributed by atoms with Gasteiger partial charge in [0.2, 0.25) is 0 Å². The van der Waals surface area contributed by atoms with Crippen molar-refractivity contribution >= 4 is 12.1 Å². The molecule has 0 spiro atoms. The molecular weight excluding hydrogens is 260 g/mol. The Kier molecular flexibility index (Phi) is 4.37. The average Bonchev–Trinajstić information content (AvgIpc) is 2.23. The first-order valence-corrected chi connectivity index (χ1v) is 5.98. The fourth-order valence-corrected chi connectivity index (χ4v) is 1.89. The van der Waals surface area contributed by atoms with Crippen molar-refractivity contribution in [2.75, 3.05) is 20.2 Å². The Morgan fingerprint density at radius 2 is 1.89 bits per heavy atom. The molecule has 7 heteroatoms. The van der Waals surface area contributed by atoms with Gasteiger partial charge in [-0.1, -0.05) is 0 Å². The zero-order chi connectivity index (χ0) is 14.8. The van der Waals surface area contributed by atoms with Crippen LogP contribution >= 0.6 is 0 Å². The van der Waals surface area contributed by atoms with Crippen molar-refractivity contribution < 1.29 is 27.8 Å². The van der Waals surface area contributed by atoms with Crippen molar-refractivity contribution in [2.24, 2.45) is 5.92 Å². The Morgan fingerprint density at radius 3 is 2.37 bits per heavy atom. The van der Waals surface area contributed by atoms with Crippen molar-refractivity contribution in [2.45, 2.75) is 38.7 Å². The molecule has 0 unspecified atom stereocenters. The number of alkyl halides is 2. The second kappa shape index (κ2) is 5.30. The second-order valence-corrected chi connectivity index (χ2v) is 5.64. The van der Waals surface area contributed by atoms with Gasteiger partial charge in [0, 0.05) is 13.0 Å². The van der Waals surface area contributed by atoms with Gasteiger partial charge in [0.05, 0.1) is 19.6 Å². The lowest BCUT2D eigenvalue weighted by Gasteiger charge is -2.37. The van der Waals surface area contributed by atoms with Crippen LogP contribution in [0.15, 0.2) is 0 Å². The molecule has 5 nitrogen and oxygen atoms in total. The van der Waals surface area contributed by atoms with E-state index in [0.717, 1.165) is 12.0 Å². The number of nitrogens with zero attached hydrogens (tertiary/aromatic N) is 1. The molecule has 0 N–H and O–H groups in total. The molecule has 1 aliphatic rings. The number of carbonyl (C=O) groups is 2. The van der Waals surface area contributed by atoms with Gasteiger partial charge in [-0.15, -0.1) is 0 Å². The molecular formula is C12H19F2NO4. The molecule has 1 saturated heterocycles. The Labute approximate surface area is 110 Å². The summed E-state index contributed by atoms with van der Waals surface area (Å²) < 4.78 is 36.6. The standard InChI is InChI=1S/C12H19F2NO4/c1-11(2,3)19-10(17)15-6-8(9(16)18-4)5-12(13,14)7-15/h8H,5-7H2,1-4H3/t8-/m1/s1. The normalized spacial score (nSPS) is 22.8. The van der Waals surface area contributed by atoms with Gasteiger partial charge in [-0.05, 0) is 20.8 Å². The number of methoxy groups -OCH3 is 1. The van der Waals surface area contributed by atoms with E-state index < -0.39 is 42.5 Å². The number of piperidine rings is 1. The summed E-state index contributed by atoms with van der Waals surface area (Å²) in [5, 5.41) is 0. The average molecular weight is 279 g/mol. The third-order valence-corrected chi connectivity index (χ3v) is 2.59. The van der Waals surface area contributed by atoms with Crippen molar-refractivity contribution in [1.82, 2.24) is 4.90 Å². The van der Waals surface area contributed by atoms with Crippen LogP contribution in [0.1, 0.15) is 27.2 Å². The summed E-state index contributed by atoms with van der Waals surface area (Å²) in [6.45, 7) is 4.08. The van der Waals surface area contributed by atoms with Gasteiger partial charge < -0.3 is 14.4 Å². The summed E-state index contributed by atoms with van der Waals surface area (Å²) in [7, 11) is 1.13. The molecule has 1 amide bonds. The highest BCUT2D eigenvalue weighted by molar-refractivity contribution is 5.75. The molecule has 0 aromatic carbocycles. The summed E-state index contributed by atoms with van der Waals surface area (Å²) in [5.41, 5.74) is -0.773. The van der Waals surface area contributed by atoms with Gasteiger partial charge in [-0.3, -0.25) is 4.79 Å². The topological polar surface area (TPSA) is 55.8 Å². The molecule has 0 radical (unpaired) electrons. The monoisotopic (exact) mass is 279 g/mol. The Balaban J connectivity index is 2.78. The maximum absolute atomic E-state index is 13.5. The first kappa shape index (κ1) is 15.7. The van der Waals surface area contributed by atoms with Crippen molar-refractivity contribution in [3.05, 3.63) is 0 Å². The number of likely N-dealkylation sites (tertiary alicyclic amines) is 1. The fraction of sp³-hybridized carbons (Fsp3) is 0.833. The SMILES string of the molecule is COC(=O)[C@H]1CN(C(=O)OC(C)(C)C)CC(F)(F)C1. The van der Waals surface area contributed by atoms with E-state index in [1.165, 1.54) is 0 Å². The number of amides is 1. The van der Waals surface area contributed by atoms with Crippen LogP contribution < -0.4 is 0 Å². The van der Waals surface area contributed by atoms with E-state index in [-0.39, 0.29) is 6.54 Å². The fourth-order valence-electron chi connectivity index (χ4n) is 1.89. The minimum atomic E-state index is -3.12. The number of hydrogen-bond acceptors (Lipinski definition) is 4. The quantitative estimate of drug-likeness (QED) is 0.689. The third-order valence-electron chi connectivity index (χ3n) is 2.59. The maximum atomic E-state index is 13.5. The number of rotatable bonds is 1. The Morgan fingerprint density at radius 1 is 1.32 bits per heavy atom. The van der Waals surface area contributed by atoms with E-state index in [1.54, 1.807) is 20.8 Å². The van der Waals surface area contributed by atoms with Crippen LogP contribution in [-0.4, -0.2) is 48.7 Å². The van der Waals surface area contributed by atoms with E-state index in [9.17, 15) is 18.4 Å². The molecule has 1 aliphatic heterocycles. The predicted molar refractivity (Wildman–Crippen MR) is 62.9 cm³/mol. The van der Waals surface area contributed by atoms with E-state index in [0.29, 0.717) is 0 Å². The van der Waals surface area contributed by atoms with Gasteiger partial charge in [0.1, 0.15) is 5.60 Å². The van der Waals surface area contributed by atoms with Crippen molar-refractivity contribution in [1.29, 1.82) is 0 Å². The van der Waals surface area contributed by atoms with Crippen LogP contribution in [0.4, 0.5) is 13.6 Å². The van der Waals surface area contributed by atoms with Gasteiger partial charge in [-0.2, -0.15) is 0 Å². The van der Waals surface area contributed by atoms with E-state index >= 15 is 0 Å². The number of ether oxygens (including phenoxy) is 2.